The molecule has 1 aromatic heterocycles. The van der Waals surface area contributed by atoms with Gasteiger partial charge in [0, 0.05) is 23.0 Å². The highest BCUT2D eigenvalue weighted by molar-refractivity contribution is 5.85. The first kappa shape index (κ1) is 11.7. The minimum atomic E-state index is -0.160. The van der Waals surface area contributed by atoms with Gasteiger partial charge in [-0.3, -0.25) is 4.79 Å². The summed E-state index contributed by atoms with van der Waals surface area (Å²) >= 11 is 0. The van der Waals surface area contributed by atoms with Crippen LogP contribution in [0, 0.1) is 13.8 Å². The number of ether oxygens (including phenoxy) is 1. The van der Waals surface area contributed by atoms with Gasteiger partial charge in [-0.15, -0.1) is 0 Å². The predicted molar refractivity (Wildman–Crippen MR) is 68.1 cm³/mol. The second-order valence-electron chi connectivity index (χ2n) is 4.33. The van der Waals surface area contributed by atoms with Gasteiger partial charge < -0.3 is 9.72 Å². The first-order valence-electron chi connectivity index (χ1n) is 5.76. The lowest BCUT2D eigenvalue weighted by molar-refractivity contribution is -0.140. The van der Waals surface area contributed by atoms with Crippen LogP contribution in [0.4, 0.5) is 0 Å². The number of hydrogen-bond acceptors (Lipinski definition) is 2. The Morgan fingerprint density at radius 3 is 2.82 bits per heavy atom. The number of carbonyl (C=O) groups excluding carboxylic acids is 1. The van der Waals surface area contributed by atoms with Crippen LogP contribution >= 0.6 is 0 Å². The maximum atomic E-state index is 11.1. The van der Waals surface area contributed by atoms with Crippen molar-refractivity contribution in [1.82, 2.24) is 4.98 Å². The van der Waals surface area contributed by atoms with Crippen LogP contribution in [-0.2, 0) is 16.0 Å². The van der Waals surface area contributed by atoms with E-state index >= 15 is 0 Å². The summed E-state index contributed by atoms with van der Waals surface area (Å²) in [4.78, 5) is 14.4. The molecule has 1 heterocycles. The van der Waals surface area contributed by atoms with E-state index in [9.17, 15) is 4.79 Å². The summed E-state index contributed by atoms with van der Waals surface area (Å²) in [6.45, 7) is 4.18. The largest absolute Gasteiger partial charge is 0.469 e. The average Bonchev–Trinajstić information content (AvgIpc) is 2.62. The molecule has 0 amide bonds. The van der Waals surface area contributed by atoms with Crippen molar-refractivity contribution >= 4 is 16.9 Å². The van der Waals surface area contributed by atoms with E-state index in [1.807, 2.05) is 0 Å². The Morgan fingerprint density at radius 2 is 2.12 bits per heavy atom. The molecule has 0 aliphatic carbocycles. The van der Waals surface area contributed by atoms with Crippen molar-refractivity contribution in [3.05, 3.63) is 35.0 Å². The van der Waals surface area contributed by atoms with Gasteiger partial charge >= 0.3 is 5.97 Å². The van der Waals surface area contributed by atoms with Crippen LogP contribution in [-0.4, -0.2) is 18.1 Å². The van der Waals surface area contributed by atoms with Crippen LogP contribution < -0.4 is 0 Å². The Bertz CT molecular complexity index is 555. The van der Waals surface area contributed by atoms with Gasteiger partial charge in [-0.2, -0.15) is 0 Å². The molecule has 2 aromatic rings. The first-order valence-corrected chi connectivity index (χ1v) is 5.76. The molecule has 3 heteroatoms. The van der Waals surface area contributed by atoms with Crippen LogP contribution in [0.1, 0.15) is 23.2 Å². The molecule has 0 atom stereocenters. The quantitative estimate of drug-likeness (QED) is 0.825. The van der Waals surface area contributed by atoms with Gasteiger partial charge in [0.1, 0.15) is 0 Å². The maximum absolute atomic E-state index is 11.1. The van der Waals surface area contributed by atoms with E-state index in [1.54, 1.807) is 0 Å². The van der Waals surface area contributed by atoms with Gasteiger partial charge in [-0.05, 0) is 43.5 Å². The van der Waals surface area contributed by atoms with E-state index in [1.165, 1.54) is 29.3 Å². The minimum absolute atomic E-state index is 0.160. The number of aromatic amines is 1. The lowest BCUT2D eigenvalue weighted by atomic mass is 10.1. The fraction of sp³-hybridized carbons (Fsp3) is 0.357. The van der Waals surface area contributed by atoms with Crippen molar-refractivity contribution in [3.8, 4) is 0 Å². The summed E-state index contributed by atoms with van der Waals surface area (Å²) in [5.41, 5.74) is 4.80. The Balaban J connectivity index is 2.25. The van der Waals surface area contributed by atoms with E-state index in [2.05, 4.69) is 41.8 Å². The van der Waals surface area contributed by atoms with Gasteiger partial charge in [-0.1, -0.05) is 6.07 Å². The molecular weight excluding hydrogens is 214 g/mol. The van der Waals surface area contributed by atoms with Crippen molar-refractivity contribution in [2.45, 2.75) is 26.7 Å². The number of benzene rings is 1. The fourth-order valence-electron chi connectivity index (χ4n) is 2.01. The van der Waals surface area contributed by atoms with Crippen molar-refractivity contribution < 1.29 is 9.53 Å². The number of esters is 1. The summed E-state index contributed by atoms with van der Waals surface area (Å²) in [7, 11) is 1.42. The molecule has 0 saturated carbocycles. The Hall–Kier alpha value is -1.77. The highest BCUT2D eigenvalue weighted by Gasteiger charge is 2.06. The van der Waals surface area contributed by atoms with E-state index < -0.39 is 0 Å². The number of aryl methyl sites for hydroxylation is 3. The molecule has 0 aliphatic heterocycles. The fourth-order valence-corrected chi connectivity index (χ4v) is 2.01. The Kier molecular flexibility index (Phi) is 3.18. The third-order valence-electron chi connectivity index (χ3n) is 3.22. The molecule has 17 heavy (non-hydrogen) atoms. The van der Waals surface area contributed by atoms with Crippen molar-refractivity contribution in [1.29, 1.82) is 0 Å². The Morgan fingerprint density at radius 1 is 1.35 bits per heavy atom. The smallest absolute Gasteiger partial charge is 0.305 e. The molecule has 0 spiro atoms. The second kappa shape index (κ2) is 4.62. The van der Waals surface area contributed by atoms with Crippen LogP contribution in [0.3, 0.4) is 0 Å². The Labute approximate surface area is 101 Å². The number of carbonyl (C=O) groups is 1. The molecule has 1 aromatic carbocycles. The van der Waals surface area contributed by atoms with E-state index in [4.69, 9.17) is 0 Å². The lowest BCUT2D eigenvalue weighted by Gasteiger charge is -2.01. The third-order valence-corrected chi connectivity index (χ3v) is 3.22. The van der Waals surface area contributed by atoms with Crippen LogP contribution in [0.15, 0.2) is 18.2 Å². The minimum Gasteiger partial charge on any atom is -0.469 e. The molecule has 3 nitrogen and oxygen atoms in total. The molecule has 0 bridgehead atoms. The number of H-pyrrole nitrogens is 1. The number of hydrogen-bond donors (Lipinski definition) is 1. The number of fused-ring (bicyclic) bond motifs is 1. The van der Waals surface area contributed by atoms with Crippen LogP contribution in [0.5, 0.6) is 0 Å². The zero-order chi connectivity index (χ0) is 12.4. The highest BCUT2D eigenvalue weighted by Crippen LogP contribution is 2.22. The maximum Gasteiger partial charge on any atom is 0.305 e. The van der Waals surface area contributed by atoms with Gasteiger partial charge in [0.25, 0.3) is 0 Å². The molecule has 0 saturated heterocycles. The van der Waals surface area contributed by atoms with Crippen molar-refractivity contribution in [2.24, 2.45) is 0 Å². The SMILES string of the molecule is COC(=O)CCc1ccc2[nH]c(C)c(C)c2c1. The number of nitrogens with one attached hydrogen (secondary N) is 1. The highest BCUT2D eigenvalue weighted by atomic mass is 16.5. The summed E-state index contributed by atoms with van der Waals surface area (Å²) in [5, 5.41) is 1.24. The van der Waals surface area contributed by atoms with Crippen molar-refractivity contribution in [3.63, 3.8) is 0 Å². The zero-order valence-electron chi connectivity index (χ0n) is 10.5. The molecule has 0 radical (unpaired) electrons. The number of aromatic nitrogens is 1. The van der Waals surface area contributed by atoms with Crippen LogP contribution in [0.2, 0.25) is 0 Å². The topological polar surface area (TPSA) is 42.1 Å². The summed E-state index contributed by atoms with van der Waals surface area (Å²) in [5.74, 6) is -0.160. The zero-order valence-corrected chi connectivity index (χ0v) is 10.5. The molecule has 2 rings (SSSR count). The molecule has 0 fully saturated rings. The van der Waals surface area contributed by atoms with Crippen molar-refractivity contribution in [2.75, 3.05) is 7.11 Å². The normalized spacial score (nSPS) is 10.8. The molecule has 0 unspecified atom stereocenters. The van der Waals surface area contributed by atoms with E-state index in [0.717, 1.165) is 11.9 Å². The first-order chi connectivity index (χ1) is 8.11. The lowest BCUT2D eigenvalue weighted by Crippen LogP contribution is -2.01. The standard InChI is InChI=1S/C14H17NO2/c1-9-10(2)15-13-6-4-11(8-12(9)13)5-7-14(16)17-3/h4,6,8,15H,5,7H2,1-3H3. The molecule has 90 valence electrons. The predicted octanol–water partition coefficient (Wildman–Crippen LogP) is 2.89. The van der Waals surface area contributed by atoms with E-state index in [0.29, 0.717) is 6.42 Å². The second-order valence-corrected chi connectivity index (χ2v) is 4.33. The van der Waals surface area contributed by atoms with Gasteiger partial charge in [0.15, 0.2) is 0 Å². The molecular formula is C14H17NO2. The summed E-state index contributed by atoms with van der Waals surface area (Å²) < 4.78 is 4.64. The number of methoxy groups -OCH3 is 1. The van der Waals surface area contributed by atoms with Gasteiger partial charge in [0.05, 0.1) is 7.11 Å². The van der Waals surface area contributed by atoms with Gasteiger partial charge in [-0.25, -0.2) is 0 Å². The summed E-state index contributed by atoms with van der Waals surface area (Å²) in [6.07, 6.45) is 1.16. The van der Waals surface area contributed by atoms with Crippen LogP contribution in [0.25, 0.3) is 10.9 Å². The summed E-state index contributed by atoms with van der Waals surface area (Å²) in [6, 6.07) is 6.28. The molecule has 0 aliphatic rings. The monoisotopic (exact) mass is 231 g/mol. The number of rotatable bonds is 3. The van der Waals surface area contributed by atoms with Gasteiger partial charge in [0.2, 0.25) is 0 Å². The average molecular weight is 231 g/mol. The van der Waals surface area contributed by atoms with E-state index in [-0.39, 0.29) is 5.97 Å². The third kappa shape index (κ3) is 2.33. The molecule has 1 N–H and O–H groups in total.